The molecular formula is C9H7N6O6P. The molecule has 0 aliphatic carbocycles. The van der Waals surface area contributed by atoms with Crippen molar-refractivity contribution in [1.29, 1.82) is 5.26 Å². The zero-order chi connectivity index (χ0) is 16.7. The first-order valence-electron chi connectivity index (χ1n) is 5.41. The summed E-state index contributed by atoms with van der Waals surface area (Å²) in [6.07, 6.45) is 0. The third-order valence-electron chi connectivity index (χ3n) is 2.56. The molecule has 1 aromatic heterocycles. The van der Waals surface area contributed by atoms with Crippen molar-refractivity contribution in [3.63, 3.8) is 0 Å². The molecule has 22 heavy (non-hydrogen) atoms. The zero-order valence-electron chi connectivity index (χ0n) is 10.5. The molecule has 2 aromatic rings. The quantitative estimate of drug-likeness (QED) is 0.238. The predicted octanol–water partition coefficient (Wildman–Crippen LogP) is -0.928. The van der Waals surface area contributed by atoms with Gasteiger partial charge in [-0.1, -0.05) is 0 Å². The Morgan fingerprint density at radius 2 is 2.14 bits per heavy atom. The molecule has 2 rings (SSSR count). The number of hydrogen-bond acceptors (Lipinski definition) is 6. The number of nitrogens with one attached hydrogen (secondary N) is 2. The second kappa shape index (κ2) is 5.08. The van der Waals surface area contributed by atoms with E-state index in [2.05, 4.69) is 4.98 Å². The number of nitro benzene ring substituents is 1. The van der Waals surface area contributed by atoms with Crippen molar-refractivity contribution in [3.8, 4) is 6.07 Å². The summed E-state index contributed by atoms with van der Waals surface area (Å²) < 4.78 is 11.5. The van der Waals surface area contributed by atoms with Crippen LogP contribution in [-0.4, -0.2) is 19.5 Å². The fourth-order valence-corrected chi connectivity index (χ4v) is 2.22. The lowest BCUT2D eigenvalue weighted by Gasteiger charge is -2.13. The fraction of sp³-hybridized carbons (Fsp3) is 0. The first kappa shape index (κ1) is 15.4. The first-order chi connectivity index (χ1) is 10.1. The third-order valence-corrected chi connectivity index (χ3v) is 3.05. The lowest BCUT2D eigenvalue weighted by molar-refractivity contribution is -0.385. The molecule has 1 aromatic carbocycles. The summed E-state index contributed by atoms with van der Waals surface area (Å²) in [5.74, 6) is 0. The highest BCUT2D eigenvalue weighted by Crippen LogP contribution is 2.27. The summed E-state index contributed by atoms with van der Waals surface area (Å²) in [5.41, 5.74) is 0.957. The van der Waals surface area contributed by atoms with E-state index in [1.165, 1.54) is 0 Å². The minimum absolute atomic E-state index is 0.132. The number of fused-ring (bicyclic) bond motifs is 1. The number of nitro groups is 1. The van der Waals surface area contributed by atoms with Crippen LogP contribution < -0.4 is 21.8 Å². The van der Waals surface area contributed by atoms with Crippen LogP contribution in [0.15, 0.2) is 21.7 Å². The molecule has 0 fully saturated rings. The Labute approximate surface area is 120 Å². The predicted molar refractivity (Wildman–Crippen MR) is 73.6 cm³/mol. The largest absolute Gasteiger partial charge is 0.375 e. The van der Waals surface area contributed by atoms with Gasteiger partial charge in [-0.25, -0.2) is 19.9 Å². The number of benzene rings is 1. The van der Waals surface area contributed by atoms with Gasteiger partial charge < -0.3 is 9.88 Å². The Balaban J connectivity index is 2.97. The minimum atomic E-state index is -4.47. The van der Waals surface area contributed by atoms with Crippen molar-refractivity contribution in [2.24, 2.45) is 5.50 Å². The number of nitriles is 1. The van der Waals surface area contributed by atoms with E-state index in [0.717, 1.165) is 12.1 Å². The molecule has 1 heterocycles. The molecule has 0 radical (unpaired) electrons. The number of nitrogens with two attached hydrogens (primary N) is 1. The molecule has 0 amide bonds. The zero-order valence-corrected chi connectivity index (χ0v) is 11.4. The maximum atomic E-state index is 11.7. The lowest BCUT2D eigenvalue weighted by atomic mass is 10.1. The minimum Gasteiger partial charge on any atom is -0.317 e. The highest BCUT2D eigenvalue weighted by Gasteiger charge is 2.21. The Morgan fingerprint density at radius 1 is 1.50 bits per heavy atom. The molecule has 0 saturated carbocycles. The fourth-order valence-electron chi connectivity index (χ4n) is 1.73. The van der Waals surface area contributed by atoms with Crippen LogP contribution in [0.1, 0.15) is 5.56 Å². The van der Waals surface area contributed by atoms with Crippen molar-refractivity contribution in [3.05, 3.63) is 48.5 Å². The van der Waals surface area contributed by atoms with Crippen LogP contribution >= 0.6 is 7.67 Å². The summed E-state index contributed by atoms with van der Waals surface area (Å²) >= 11 is 0. The van der Waals surface area contributed by atoms with Crippen molar-refractivity contribution in [2.75, 3.05) is 5.20 Å². The van der Waals surface area contributed by atoms with Crippen molar-refractivity contribution >= 4 is 24.4 Å². The van der Waals surface area contributed by atoms with Gasteiger partial charge in [0.05, 0.1) is 16.0 Å². The summed E-state index contributed by atoms with van der Waals surface area (Å²) in [6.45, 7) is 0. The lowest BCUT2D eigenvalue weighted by Crippen LogP contribution is -2.40. The van der Waals surface area contributed by atoms with Gasteiger partial charge in [0.1, 0.15) is 11.6 Å². The van der Waals surface area contributed by atoms with Gasteiger partial charge in [-0.15, -0.1) is 0 Å². The van der Waals surface area contributed by atoms with E-state index in [1.54, 1.807) is 11.3 Å². The van der Waals surface area contributed by atoms with Crippen LogP contribution in [0.3, 0.4) is 0 Å². The molecule has 0 saturated heterocycles. The van der Waals surface area contributed by atoms with E-state index in [1.807, 2.05) is 0 Å². The van der Waals surface area contributed by atoms with Gasteiger partial charge in [0.2, 0.25) is 0 Å². The van der Waals surface area contributed by atoms with Gasteiger partial charge in [0.15, 0.2) is 0 Å². The van der Waals surface area contributed by atoms with Gasteiger partial charge >= 0.3 is 18.8 Å². The van der Waals surface area contributed by atoms with E-state index in [-0.39, 0.29) is 16.6 Å². The summed E-state index contributed by atoms with van der Waals surface area (Å²) in [5, 5.41) is 21.5. The van der Waals surface area contributed by atoms with Gasteiger partial charge in [-0.05, 0) is 6.07 Å². The first-order valence-corrected chi connectivity index (χ1v) is 7.14. The maximum Gasteiger partial charge on any atom is 0.375 e. The molecule has 1 atom stereocenters. The second-order valence-corrected chi connectivity index (χ2v) is 5.52. The standard InChI is InChI=1S/C9H7N6O6P/c10-3-4-1-5-7(2-6(4)15(18)19)14(13-22(11,20)21)9(17)8(16)12-5/h1-2H,(H,12,16)(H4,11,13,20,21). The van der Waals surface area contributed by atoms with Gasteiger partial charge in [-0.3, -0.25) is 19.7 Å². The molecule has 0 bridgehead atoms. The van der Waals surface area contributed by atoms with Crippen molar-refractivity contribution in [2.45, 2.75) is 0 Å². The molecule has 0 aliphatic heterocycles. The monoisotopic (exact) mass is 326 g/mol. The van der Waals surface area contributed by atoms with Crippen LogP contribution in [0.4, 0.5) is 5.69 Å². The topological polar surface area (TPSA) is 197 Å². The van der Waals surface area contributed by atoms with Crippen LogP contribution in [0.5, 0.6) is 0 Å². The number of hydrogen-bond donors (Lipinski definition) is 4. The molecule has 1 unspecified atom stereocenters. The summed E-state index contributed by atoms with van der Waals surface area (Å²) in [4.78, 5) is 44.5. The summed E-state index contributed by atoms with van der Waals surface area (Å²) in [7, 11) is -4.47. The Hall–Kier alpha value is -3.00. The average molecular weight is 326 g/mol. The number of aromatic amines is 1. The highest BCUT2D eigenvalue weighted by molar-refractivity contribution is 7.56. The number of aromatic nitrogens is 2. The molecule has 114 valence electrons. The smallest absolute Gasteiger partial charge is 0.317 e. The maximum absolute atomic E-state index is 11.7. The van der Waals surface area contributed by atoms with E-state index in [4.69, 9.17) is 15.7 Å². The van der Waals surface area contributed by atoms with Gasteiger partial charge in [0, 0.05) is 6.07 Å². The van der Waals surface area contributed by atoms with Crippen LogP contribution in [0.2, 0.25) is 0 Å². The SMILES string of the molecule is N#Cc1cc2[nH]c(=O)c(=O)n(NP(N)(=O)O)c2cc1[N+](=O)[O-]. The molecule has 5 N–H and O–H groups in total. The van der Waals surface area contributed by atoms with Crippen molar-refractivity contribution < 1.29 is 14.4 Å². The number of rotatable bonds is 3. The Bertz CT molecular complexity index is 995. The van der Waals surface area contributed by atoms with E-state index < -0.39 is 29.4 Å². The Kier molecular flexibility index (Phi) is 3.55. The van der Waals surface area contributed by atoms with Crippen molar-refractivity contribution in [1.82, 2.24) is 9.66 Å². The van der Waals surface area contributed by atoms with E-state index >= 15 is 0 Å². The van der Waals surface area contributed by atoms with E-state index in [0.29, 0.717) is 4.68 Å². The molecule has 13 heteroatoms. The third kappa shape index (κ3) is 2.72. The Morgan fingerprint density at radius 3 is 2.64 bits per heavy atom. The second-order valence-electron chi connectivity index (χ2n) is 4.07. The highest BCUT2D eigenvalue weighted by atomic mass is 31.2. The molecule has 0 spiro atoms. The number of H-pyrrole nitrogens is 1. The molecular weight excluding hydrogens is 319 g/mol. The van der Waals surface area contributed by atoms with Crippen LogP contribution in [0.25, 0.3) is 11.0 Å². The van der Waals surface area contributed by atoms with E-state index in [9.17, 15) is 24.3 Å². The average Bonchev–Trinajstić information content (AvgIpc) is 2.41. The molecule has 12 nitrogen and oxygen atoms in total. The van der Waals surface area contributed by atoms with Gasteiger partial charge in [-0.2, -0.15) is 5.26 Å². The molecule has 0 aliphatic rings. The number of nitrogens with zero attached hydrogens (tertiary/aromatic N) is 3. The van der Waals surface area contributed by atoms with Gasteiger partial charge in [0.25, 0.3) is 5.69 Å². The van der Waals surface area contributed by atoms with Crippen LogP contribution in [-0.2, 0) is 4.57 Å². The van der Waals surface area contributed by atoms with Crippen LogP contribution in [0, 0.1) is 21.4 Å². The summed E-state index contributed by atoms with van der Waals surface area (Å²) in [6, 6.07) is 3.33. The normalized spacial score (nSPS) is 13.3.